The second-order valence-electron chi connectivity index (χ2n) is 9.40. The van der Waals surface area contributed by atoms with E-state index in [-0.39, 0.29) is 6.61 Å². The lowest BCUT2D eigenvalue weighted by atomic mass is 9.91. The third-order valence-electron chi connectivity index (χ3n) is 7.11. The third-order valence-corrected chi connectivity index (χ3v) is 8.50. The van der Waals surface area contributed by atoms with Crippen LogP contribution in [0.2, 0.25) is 5.02 Å². The van der Waals surface area contributed by atoms with E-state index in [1.807, 2.05) is 18.2 Å². The Morgan fingerprint density at radius 3 is 2.45 bits per heavy atom. The molecule has 38 heavy (non-hydrogen) atoms. The predicted molar refractivity (Wildman–Crippen MR) is 149 cm³/mol. The largest absolute Gasteiger partial charge is 0.465 e. The Hall–Kier alpha value is -3.72. The Bertz CT molecular complexity index is 1720. The molecule has 2 aromatic heterocycles. The minimum Gasteiger partial charge on any atom is -0.465 e. The highest BCUT2D eigenvalue weighted by Gasteiger charge is 2.25. The van der Waals surface area contributed by atoms with Gasteiger partial charge in [-0.15, -0.1) is 11.3 Å². The van der Waals surface area contributed by atoms with Crippen molar-refractivity contribution in [2.75, 3.05) is 6.54 Å². The quantitative estimate of drug-likeness (QED) is 0.250. The van der Waals surface area contributed by atoms with Crippen LogP contribution in [-0.4, -0.2) is 37.7 Å². The topological polar surface area (TPSA) is 99.7 Å². The number of aromatic nitrogens is 2. The Morgan fingerprint density at radius 2 is 1.74 bits per heavy atom. The summed E-state index contributed by atoms with van der Waals surface area (Å²) >= 11 is 7.95. The van der Waals surface area contributed by atoms with Gasteiger partial charge in [-0.1, -0.05) is 41.9 Å². The van der Waals surface area contributed by atoms with Gasteiger partial charge in [-0.25, -0.2) is 14.8 Å². The summed E-state index contributed by atoms with van der Waals surface area (Å²) in [5.74, 6) is 0.473. The first-order valence-corrected chi connectivity index (χ1v) is 13.4. The molecular weight excluding hydrogens is 522 g/mol. The summed E-state index contributed by atoms with van der Waals surface area (Å²) < 4.78 is 6.07. The number of nitrogens with zero attached hydrogens (tertiary/aromatic N) is 3. The number of carbonyl (C=O) groups is 1. The minimum atomic E-state index is -0.894. The number of hydrogen-bond donors (Lipinski definition) is 2. The van der Waals surface area contributed by atoms with Crippen LogP contribution >= 0.6 is 22.9 Å². The summed E-state index contributed by atoms with van der Waals surface area (Å²) in [7, 11) is 0. The van der Waals surface area contributed by atoms with Gasteiger partial charge >= 0.3 is 6.09 Å². The van der Waals surface area contributed by atoms with Crippen molar-refractivity contribution >= 4 is 40.1 Å². The Balaban J connectivity index is 1.40. The van der Waals surface area contributed by atoms with Gasteiger partial charge in [0, 0.05) is 29.0 Å². The molecule has 192 valence electrons. The molecule has 3 aromatic carbocycles. The summed E-state index contributed by atoms with van der Waals surface area (Å²) in [6, 6.07) is 15.7. The smallest absolute Gasteiger partial charge is 0.407 e. The summed E-state index contributed by atoms with van der Waals surface area (Å²) in [6.07, 6.45) is -0.263. The van der Waals surface area contributed by atoms with Crippen LogP contribution in [0, 0.1) is 13.8 Å². The van der Waals surface area contributed by atoms with Gasteiger partial charge in [-0.3, -0.25) is 0 Å². The average molecular weight is 546 g/mol. The van der Waals surface area contributed by atoms with E-state index in [2.05, 4.69) is 37.0 Å². The molecule has 0 fully saturated rings. The predicted octanol–water partition coefficient (Wildman–Crippen LogP) is 7.08. The molecule has 3 heterocycles. The highest BCUT2D eigenvalue weighted by molar-refractivity contribution is 7.15. The van der Waals surface area contributed by atoms with Crippen molar-refractivity contribution in [1.82, 2.24) is 14.9 Å². The molecule has 0 aliphatic carbocycles. The third kappa shape index (κ3) is 4.15. The van der Waals surface area contributed by atoms with Gasteiger partial charge in [-0.2, -0.15) is 0 Å². The van der Waals surface area contributed by atoms with Crippen LogP contribution in [0.5, 0.6) is 0 Å². The maximum absolute atomic E-state index is 11.4. The summed E-state index contributed by atoms with van der Waals surface area (Å²) in [5, 5.41) is 20.2. The van der Waals surface area contributed by atoms with Crippen molar-refractivity contribution < 1.29 is 19.4 Å². The molecule has 1 amide bonds. The SMILES string of the molecule is Cc1c(-c2nc3cc(CO)cc(Cl)c3o2)cccc1-c1cccc(-c2nc3c(s2)CN(C(=O)O)CC3)c1C. The van der Waals surface area contributed by atoms with Crippen LogP contribution in [0.1, 0.15) is 27.3 Å². The van der Waals surface area contributed by atoms with Crippen LogP contribution < -0.4 is 0 Å². The fourth-order valence-corrected chi connectivity index (χ4v) is 6.53. The summed E-state index contributed by atoms with van der Waals surface area (Å²) in [6.45, 7) is 4.88. The zero-order valence-corrected chi connectivity index (χ0v) is 22.4. The molecule has 0 unspecified atom stereocenters. The highest BCUT2D eigenvalue weighted by Crippen LogP contribution is 2.40. The molecule has 1 aliphatic heterocycles. The molecule has 5 aromatic rings. The summed E-state index contributed by atoms with van der Waals surface area (Å²) in [4.78, 5) is 23.4. The van der Waals surface area contributed by atoms with Crippen molar-refractivity contribution in [1.29, 1.82) is 0 Å². The molecule has 0 bridgehead atoms. The number of carboxylic acid groups (broad SMARTS) is 1. The van der Waals surface area contributed by atoms with E-state index in [1.165, 1.54) is 4.90 Å². The van der Waals surface area contributed by atoms with Crippen LogP contribution in [0.25, 0.3) is 44.3 Å². The number of oxazole rings is 1. The van der Waals surface area contributed by atoms with Gasteiger partial charge in [0.25, 0.3) is 0 Å². The normalized spacial score (nSPS) is 13.2. The minimum absolute atomic E-state index is 0.123. The fourth-order valence-electron chi connectivity index (χ4n) is 5.05. The lowest BCUT2D eigenvalue weighted by Crippen LogP contribution is -2.34. The number of rotatable bonds is 4. The van der Waals surface area contributed by atoms with E-state index in [4.69, 9.17) is 21.0 Å². The Morgan fingerprint density at radius 1 is 1.05 bits per heavy atom. The lowest BCUT2D eigenvalue weighted by molar-refractivity contribution is 0.140. The van der Waals surface area contributed by atoms with Crippen molar-refractivity contribution in [2.24, 2.45) is 0 Å². The van der Waals surface area contributed by atoms with E-state index >= 15 is 0 Å². The van der Waals surface area contributed by atoms with Crippen molar-refractivity contribution in [3.8, 4) is 33.2 Å². The standard InChI is InChI=1S/C29H24ClN3O4S/c1-15-18(5-3-7-20(15)27-31-24-12-17(14-34)11-22(30)26(24)37-27)19-6-4-8-21(16(19)2)28-32-23-9-10-33(29(35)36)13-25(23)38-28/h3-8,11-12,34H,9-10,13-14H2,1-2H3,(H,35,36). The monoisotopic (exact) mass is 545 g/mol. The van der Waals surface area contributed by atoms with Gasteiger partial charge in [-0.05, 0) is 59.9 Å². The Labute approximate surface area is 228 Å². The van der Waals surface area contributed by atoms with Crippen LogP contribution in [0.3, 0.4) is 0 Å². The molecule has 0 saturated carbocycles. The molecule has 9 heteroatoms. The maximum atomic E-state index is 11.4. The van der Waals surface area contributed by atoms with Crippen LogP contribution in [0.15, 0.2) is 52.9 Å². The second-order valence-corrected chi connectivity index (χ2v) is 10.9. The molecule has 1 aliphatic rings. The Kier molecular flexibility index (Phi) is 6.18. The molecule has 0 atom stereocenters. The van der Waals surface area contributed by atoms with E-state index < -0.39 is 6.09 Å². The fraction of sp³-hybridized carbons (Fsp3) is 0.207. The number of benzene rings is 3. The highest BCUT2D eigenvalue weighted by atomic mass is 35.5. The molecular formula is C29H24ClN3O4S. The van der Waals surface area contributed by atoms with E-state index in [0.717, 1.165) is 49.0 Å². The van der Waals surface area contributed by atoms with Crippen molar-refractivity contribution in [3.05, 3.63) is 80.8 Å². The van der Waals surface area contributed by atoms with Gasteiger partial charge in [0.1, 0.15) is 10.5 Å². The van der Waals surface area contributed by atoms with E-state index in [1.54, 1.807) is 23.5 Å². The number of thiazole rings is 1. The first-order chi connectivity index (χ1) is 18.3. The zero-order valence-electron chi connectivity index (χ0n) is 20.8. The van der Waals surface area contributed by atoms with E-state index in [0.29, 0.717) is 47.1 Å². The van der Waals surface area contributed by atoms with Crippen LogP contribution in [0.4, 0.5) is 4.79 Å². The number of aliphatic hydroxyl groups is 1. The summed E-state index contributed by atoms with van der Waals surface area (Å²) in [5.41, 5.74) is 8.94. The number of hydrogen-bond acceptors (Lipinski definition) is 6. The molecule has 0 saturated heterocycles. The molecule has 0 spiro atoms. The molecule has 0 radical (unpaired) electrons. The number of aliphatic hydroxyl groups excluding tert-OH is 1. The van der Waals surface area contributed by atoms with Crippen molar-refractivity contribution in [3.63, 3.8) is 0 Å². The van der Waals surface area contributed by atoms with Gasteiger partial charge in [0.05, 0.1) is 23.9 Å². The first kappa shape index (κ1) is 24.6. The first-order valence-electron chi connectivity index (χ1n) is 12.2. The number of fused-ring (bicyclic) bond motifs is 2. The zero-order chi connectivity index (χ0) is 26.6. The van der Waals surface area contributed by atoms with Gasteiger partial charge in [0.15, 0.2) is 5.58 Å². The maximum Gasteiger partial charge on any atom is 0.407 e. The molecule has 6 rings (SSSR count). The lowest BCUT2D eigenvalue weighted by Gasteiger charge is -2.22. The molecule has 2 N–H and O–H groups in total. The van der Waals surface area contributed by atoms with Gasteiger partial charge in [0.2, 0.25) is 5.89 Å². The number of amides is 1. The van der Waals surface area contributed by atoms with Gasteiger partial charge < -0.3 is 19.5 Å². The molecule has 7 nitrogen and oxygen atoms in total. The van der Waals surface area contributed by atoms with E-state index in [9.17, 15) is 15.0 Å². The van der Waals surface area contributed by atoms with Crippen LogP contribution in [-0.2, 0) is 19.6 Å². The van der Waals surface area contributed by atoms with Crippen molar-refractivity contribution in [2.45, 2.75) is 33.4 Å². The second kappa shape index (κ2) is 9.54. The average Bonchev–Trinajstić information content (AvgIpc) is 3.53. The number of halogens is 1.